The average molecular weight is 291 g/mol. The van der Waals surface area contributed by atoms with Crippen LogP contribution in [0.3, 0.4) is 0 Å². The van der Waals surface area contributed by atoms with E-state index in [0.29, 0.717) is 5.92 Å². The fourth-order valence-electron chi connectivity index (χ4n) is 4.46. The van der Waals surface area contributed by atoms with Crippen LogP contribution in [0.25, 0.3) is 0 Å². The van der Waals surface area contributed by atoms with Gasteiger partial charge in [0.1, 0.15) is 5.76 Å². The molecule has 1 heterocycles. The zero-order chi connectivity index (χ0) is 14.9. The minimum Gasteiger partial charge on any atom is -0.497 e. The Morgan fingerprint density at radius 3 is 2.67 bits per heavy atom. The van der Waals surface area contributed by atoms with Gasteiger partial charge in [0.05, 0.1) is 19.4 Å². The van der Waals surface area contributed by atoms with Crippen LogP contribution in [0.5, 0.6) is 0 Å². The second-order valence-electron chi connectivity index (χ2n) is 7.34. The molecule has 21 heavy (non-hydrogen) atoms. The van der Waals surface area contributed by atoms with Crippen molar-refractivity contribution in [1.82, 2.24) is 4.90 Å². The summed E-state index contributed by atoms with van der Waals surface area (Å²) in [5.41, 5.74) is 0.274. The van der Waals surface area contributed by atoms with Gasteiger partial charge >= 0.3 is 0 Å². The van der Waals surface area contributed by atoms with Crippen LogP contribution < -0.4 is 0 Å². The van der Waals surface area contributed by atoms with E-state index >= 15 is 0 Å². The number of ether oxygens (including phenoxy) is 2. The molecule has 1 saturated carbocycles. The zero-order valence-corrected chi connectivity index (χ0v) is 13.7. The topological polar surface area (TPSA) is 21.7 Å². The molecule has 0 aromatic heterocycles. The summed E-state index contributed by atoms with van der Waals surface area (Å²) in [4.78, 5) is 2.33. The first-order valence-electron chi connectivity index (χ1n) is 8.34. The van der Waals surface area contributed by atoms with Gasteiger partial charge in [0.2, 0.25) is 0 Å². The monoisotopic (exact) mass is 291 g/mol. The summed E-state index contributed by atoms with van der Waals surface area (Å²) in [7, 11) is 3.92. The molecular weight excluding hydrogens is 262 g/mol. The number of hydrogen-bond acceptors (Lipinski definition) is 3. The molecule has 1 spiro atoms. The Morgan fingerprint density at radius 2 is 2.05 bits per heavy atom. The van der Waals surface area contributed by atoms with Crippen LogP contribution in [0, 0.1) is 11.3 Å². The molecule has 0 N–H and O–H groups in total. The van der Waals surface area contributed by atoms with Crippen molar-refractivity contribution < 1.29 is 9.47 Å². The van der Waals surface area contributed by atoms with Gasteiger partial charge in [0, 0.05) is 12.5 Å². The summed E-state index contributed by atoms with van der Waals surface area (Å²) in [6, 6.07) is 0. The largest absolute Gasteiger partial charge is 0.497 e. The van der Waals surface area contributed by atoms with Gasteiger partial charge in [-0.1, -0.05) is 32.3 Å². The highest BCUT2D eigenvalue weighted by Gasteiger charge is 2.51. The third-order valence-electron chi connectivity index (χ3n) is 5.80. The van der Waals surface area contributed by atoms with Crippen molar-refractivity contribution in [2.45, 2.75) is 51.0 Å². The maximum atomic E-state index is 6.44. The van der Waals surface area contributed by atoms with Crippen LogP contribution in [-0.2, 0) is 9.47 Å². The molecule has 3 aliphatic rings. The van der Waals surface area contributed by atoms with Crippen molar-refractivity contribution in [2.75, 3.05) is 27.4 Å². The Kier molecular flexibility index (Phi) is 4.15. The lowest BCUT2D eigenvalue weighted by Gasteiger charge is -2.55. The predicted octanol–water partition coefficient (Wildman–Crippen LogP) is 3.72. The van der Waals surface area contributed by atoms with Crippen LogP contribution in [0.1, 0.15) is 45.4 Å². The van der Waals surface area contributed by atoms with Crippen molar-refractivity contribution in [2.24, 2.45) is 11.3 Å². The van der Waals surface area contributed by atoms with E-state index < -0.39 is 0 Å². The first-order chi connectivity index (χ1) is 10.1. The molecule has 3 heteroatoms. The van der Waals surface area contributed by atoms with Crippen LogP contribution >= 0.6 is 0 Å². The van der Waals surface area contributed by atoms with E-state index in [9.17, 15) is 0 Å². The highest BCUT2D eigenvalue weighted by atomic mass is 16.5. The van der Waals surface area contributed by atoms with Gasteiger partial charge < -0.3 is 9.47 Å². The Balaban J connectivity index is 1.86. The second-order valence-corrected chi connectivity index (χ2v) is 7.34. The van der Waals surface area contributed by atoms with E-state index in [2.05, 4.69) is 37.1 Å². The normalized spacial score (nSPS) is 36.5. The molecule has 0 radical (unpaired) electrons. The lowest BCUT2D eigenvalue weighted by atomic mass is 9.61. The minimum absolute atomic E-state index is 0.0995. The predicted molar refractivity (Wildman–Crippen MR) is 84.8 cm³/mol. The zero-order valence-electron chi connectivity index (χ0n) is 13.7. The first kappa shape index (κ1) is 15.1. The van der Waals surface area contributed by atoms with Crippen molar-refractivity contribution in [1.29, 1.82) is 0 Å². The third-order valence-corrected chi connectivity index (χ3v) is 5.80. The highest BCUT2D eigenvalue weighted by Crippen LogP contribution is 2.51. The Hall–Kier alpha value is -0.800. The summed E-state index contributed by atoms with van der Waals surface area (Å²) in [6.07, 6.45) is 14.3. The lowest BCUT2D eigenvalue weighted by molar-refractivity contribution is -0.203. The number of hydrogen-bond donors (Lipinski definition) is 0. The number of methoxy groups -OCH3 is 1. The molecule has 0 bridgehead atoms. The summed E-state index contributed by atoms with van der Waals surface area (Å²) in [6.45, 7) is 4.32. The van der Waals surface area contributed by atoms with Crippen molar-refractivity contribution in [3.05, 3.63) is 24.0 Å². The summed E-state index contributed by atoms with van der Waals surface area (Å²) < 4.78 is 11.8. The standard InChI is InChI=1S/C18H29NO2/c1-17(11-7-15(20-3)8-12-17)16-13-19(2)14-21-18(16)9-5-4-6-10-18/h7-8,11,16H,4-6,9-10,12-14H2,1-3H3. The summed E-state index contributed by atoms with van der Waals surface area (Å²) >= 11 is 0. The molecular formula is C18H29NO2. The van der Waals surface area contributed by atoms with Gasteiger partial charge in [0.15, 0.2) is 0 Å². The smallest absolute Gasteiger partial charge is 0.114 e. The summed E-state index contributed by atoms with van der Waals surface area (Å²) in [5.74, 6) is 1.56. The fourth-order valence-corrected chi connectivity index (χ4v) is 4.46. The molecule has 3 rings (SSSR count). The van der Waals surface area contributed by atoms with E-state index in [0.717, 1.165) is 25.5 Å². The average Bonchev–Trinajstić information content (AvgIpc) is 2.52. The SMILES string of the molecule is COC1=CCC(C)(C2CN(C)COC23CCCCC3)C=C1. The van der Waals surface area contributed by atoms with Gasteiger partial charge in [-0.05, 0) is 43.9 Å². The molecule has 0 aromatic carbocycles. The van der Waals surface area contributed by atoms with E-state index in [-0.39, 0.29) is 11.0 Å². The van der Waals surface area contributed by atoms with Gasteiger partial charge in [-0.3, -0.25) is 4.90 Å². The van der Waals surface area contributed by atoms with Crippen molar-refractivity contribution in [3.63, 3.8) is 0 Å². The molecule has 1 aliphatic heterocycles. The van der Waals surface area contributed by atoms with Gasteiger partial charge in [-0.15, -0.1) is 0 Å². The van der Waals surface area contributed by atoms with Gasteiger partial charge in [0.25, 0.3) is 0 Å². The van der Waals surface area contributed by atoms with Crippen LogP contribution in [0.2, 0.25) is 0 Å². The fraction of sp³-hybridized carbons (Fsp3) is 0.778. The first-order valence-corrected chi connectivity index (χ1v) is 8.34. The lowest BCUT2D eigenvalue weighted by Crippen LogP contribution is -2.58. The second kappa shape index (κ2) is 5.77. The molecule has 2 fully saturated rings. The molecule has 2 aliphatic carbocycles. The molecule has 3 nitrogen and oxygen atoms in total. The molecule has 2 atom stereocenters. The quantitative estimate of drug-likeness (QED) is 0.774. The molecule has 118 valence electrons. The van der Waals surface area contributed by atoms with Crippen molar-refractivity contribution in [3.8, 4) is 0 Å². The Labute approximate surface area is 129 Å². The van der Waals surface area contributed by atoms with E-state index in [4.69, 9.17) is 9.47 Å². The minimum atomic E-state index is 0.0995. The summed E-state index contributed by atoms with van der Waals surface area (Å²) in [5, 5.41) is 0. The number of allylic oxidation sites excluding steroid dienone is 3. The maximum Gasteiger partial charge on any atom is 0.114 e. The van der Waals surface area contributed by atoms with Gasteiger partial charge in [-0.2, -0.15) is 0 Å². The molecule has 0 amide bonds. The van der Waals surface area contributed by atoms with E-state index in [1.165, 1.54) is 32.1 Å². The molecule has 2 unspecified atom stereocenters. The highest BCUT2D eigenvalue weighted by molar-refractivity contribution is 5.24. The van der Waals surface area contributed by atoms with Crippen LogP contribution in [0.4, 0.5) is 0 Å². The van der Waals surface area contributed by atoms with E-state index in [1.807, 2.05) is 0 Å². The Bertz CT molecular complexity index is 436. The van der Waals surface area contributed by atoms with Gasteiger partial charge in [-0.25, -0.2) is 0 Å². The van der Waals surface area contributed by atoms with E-state index in [1.54, 1.807) is 7.11 Å². The molecule has 0 aromatic rings. The molecule has 1 saturated heterocycles. The maximum absolute atomic E-state index is 6.44. The number of nitrogens with zero attached hydrogens (tertiary/aromatic N) is 1. The van der Waals surface area contributed by atoms with Crippen molar-refractivity contribution >= 4 is 0 Å². The van der Waals surface area contributed by atoms with Crippen LogP contribution in [-0.4, -0.2) is 37.9 Å². The third kappa shape index (κ3) is 2.78. The number of rotatable bonds is 2. The Morgan fingerprint density at radius 1 is 1.29 bits per heavy atom. The van der Waals surface area contributed by atoms with Crippen LogP contribution in [0.15, 0.2) is 24.0 Å².